The van der Waals surface area contributed by atoms with Crippen molar-refractivity contribution in [2.24, 2.45) is 0 Å². The number of ether oxygens (including phenoxy) is 1. The maximum absolute atomic E-state index is 11.1. The van der Waals surface area contributed by atoms with Crippen LogP contribution in [0.2, 0.25) is 0 Å². The first-order valence-electron chi connectivity index (χ1n) is 5.45. The molecule has 1 rings (SSSR count). The number of pyridine rings is 1. The first kappa shape index (κ1) is 12.6. The Kier molecular flexibility index (Phi) is 5.50. The van der Waals surface area contributed by atoms with Crippen molar-refractivity contribution >= 4 is 5.97 Å². The molecule has 0 amide bonds. The van der Waals surface area contributed by atoms with Gasteiger partial charge in [-0.1, -0.05) is 6.07 Å². The molecule has 0 aliphatic rings. The van der Waals surface area contributed by atoms with Crippen LogP contribution in [0.3, 0.4) is 0 Å². The molecule has 0 saturated carbocycles. The molecule has 1 aromatic heterocycles. The fourth-order valence-electron chi connectivity index (χ4n) is 1.40. The fraction of sp³-hybridized carbons (Fsp3) is 0.500. The van der Waals surface area contributed by atoms with Gasteiger partial charge in [-0.3, -0.25) is 9.78 Å². The standard InChI is InChI=1S/C12H18N2O2/c1-3-16-12(15)6-8-14(2)10-11-5-4-7-13-9-11/h4-5,7,9H,3,6,8,10H2,1-2H3. The van der Waals surface area contributed by atoms with Crippen LogP contribution in [0.25, 0.3) is 0 Å². The van der Waals surface area contributed by atoms with Crippen molar-refractivity contribution in [3.05, 3.63) is 30.1 Å². The molecule has 1 heterocycles. The first-order valence-corrected chi connectivity index (χ1v) is 5.45. The van der Waals surface area contributed by atoms with Gasteiger partial charge in [-0.25, -0.2) is 0 Å². The Morgan fingerprint density at radius 3 is 3.00 bits per heavy atom. The molecule has 0 bridgehead atoms. The molecule has 0 spiro atoms. The largest absolute Gasteiger partial charge is 0.466 e. The Morgan fingerprint density at radius 1 is 1.56 bits per heavy atom. The van der Waals surface area contributed by atoms with E-state index in [0.29, 0.717) is 19.6 Å². The second-order valence-corrected chi connectivity index (χ2v) is 3.65. The van der Waals surface area contributed by atoms with Crippen LogP contribution in [0.4, 0.5) is 0 Å². The Morgan fingerprint density at radius 2 is 2.38 bits per heavy atom. The second-order valence-electron chi connectivity index (χ2n) is 3.65. The summed E-state index contributed by atoms with van der Waals surface area (Å²) in [5.41, 5.74) is 1.15. The van der Waals surface area contributed by atoms with Crippen LogP contribution in [0.5, 0.6) is 0 Å². The summed E-state index contributed by atoms with van der Waals surface area (Å²) in [6.45, 7) is 3.77. The average Bonchev–Trinajstić information content (AvgIpc) is 2.28. The van der Waals surface area contributed by atoms with Gasteiger partial charge in [0.1, 0.15) is 0 Å². The summed E-state index contributed by atoms with van der Waals surface area (Å²) in [6, 6.07) is 3.93. The minimum Gasteiger partial charge on any atom is -0.466 e. The maximum Gasteiger partial charge on any atom is 0.307 e. The predicted octanol–water partition coefficient (Wildman–Crippen LogP) is 1.47. The highest BCUT2D eigenvalue weighted by Crippen LogP contribution is 2.01. The van der Waals surface area contributed by atoms with Crippen LogP contribution in [-0.4, -0.2) is 36.1 Å². The van der Waals surface area contributed by atoms with E-state index in [0.717, 1.165) is 12.1 Å². The van der Waals surface area contributed by atoms with Gasteiger partial charge >= 0.3 is 5.97 Å². The monoisotopic (exact) mass is 222 g/mol. The number of rotatable bonds is 6. The van der Waals surface area contributed by atoms with Gasteiger partial charge in [0, 0.05) is 25.5 Å². The third-order valence-corrected chi connectivity index (χ3v) is 2.18. The Balaban J connectivity index is 2.26. The summed E-state index contributed by atoms with van der Waals surface area (Å²) >= 11 is 0. The highest BCUT2D eigenvalue weighted by molar-refractivity contribution is 5.69. The predicted molar refractivity (Wildman–Crippen MR) is 61.8 cm³/mol. The normalized spacial score (nSPS) is 10.4. The molecule has 0 aliphatic carbocycles. The van der Waals surface area contributed by atoms with Crippen LogP contribution >= 0.6 is 0 Å². The zero-order valence-corrected chi connectivity index (χ0v) is 9.85. The lowest BCUT2D eigenvalue weighted by Crippen LogP contribution is -2.22. The first-order chi connectivity index (χ1) is 7.72. The van der Waals surface area contributed by atoms with E-state index in [1.165, 1.54) is 0 Å². The summed E-state index contributed by atoms with van der Waals surface area (Å²) in [6.07, 6.45) is 4.02. The summed E-state index contributed by atoms with van der Waals surface area (Å²) in [4.78, 5) is 17.3. The number of carbonyl (C=O) groups excluding carboxylic acids is 1. The molecule has 1 aromatic rings. The van der Waals surface area contributed by atoms with Gasteiger partial charge in [0.15, 0.2) is 0 Å². The molecule has 0 atom stereocenters. The van der Waals surface area contributed by atoms with Crippen LogP contribution in [0.15, 0.2) is 24.5 Å². The molecule has 0 fully saturated rings. The van der Waals surface area contributed by atoms with Crippen LogP contribution in [0.1, 0.15) is 18.9 Å². The SMILES string of the molecule is CCOC(=O)CCN(C)Cc1cccnc1. The lowest BCUT2D eigenvalue weighted by molar-refractivity contribution is -0.143. The van der Waals surface area contributed by atoms with Crippen molar-refractivity contribution in [2.75, 3.05) is 20.2 Å². The van der Waals surface area contributed by atoms with Crippen molar-refractivity contribution in [3.8, 4) is 0 Å². The number of esters is 1. The van der Waals surface area contributed by atoms with E-state index in [1.807, 2.05) is 32.3 Å². The molecule has 16 heavy (non-hydrogen) atoms. The molecular formula is C12H18N2O2. The molecule has 0 unspecified atom stereocenters. The molecule has 0 N–H and O–H groups in total. The van der Waals surface area contributed by atoms with E-state index < -0.39 is 0 Å². The summed E-state index contributed by atoms with van der Waals surface area (Å²) in [5.74, 6) is -0.138. The zero-order chi connectivity index (χ0) is 11.8. The number of carbonyl (C=O) groups is 1. The molecule has 0 saturated heterocycles. The smallest absolute Gasteiger partial charge is 0.307 e. The van der Waals surface area contributed by atoms with E-state index in [4.69, 9.17) is 4.74 Å². The van der Waals surface area contributed by atoms with E-state index in [1.54, 1.807) is 6.20 Å². The number of nitrogens with zero attached hydrogens (tertiary/aromatic N) is 2. The Hall–Kier alpha value is -1.42. The highest BCUT2D eigenvalue weighted by atomic mass is 16.5. The molecule has 0 aliphatic heterocycles. The van der Waals surface area contributed by atoms with E-state index in [9.17, 15) is 4.79 Å². The fourth-order valence-corrected chi connectivity index (χ4v) is 1.40. The molecule has 0 radical (unpaired) electrons. The van der Waals surface area contributed by atoms with Crippen molar-refractivity contribution in [2.45, 2.75) is 19.9 Å². The van der Waals surface area contributed by atoms with E-state index in [2.05, 4.69) is 9.88 Å². The Bertz CT molecular complexity index is 314. The van der Waals surface area contributed by atoms with Gasteiger partial charge < -0.3 is 9.64 Å². The van der Waals surface area contributed by atoms with Crippen molar-refractivity contribution in [1.82, 2.24) is 9.88 Å². The average molecular weight is 222 g/mol. The van der Waals surface area contributed by atoms with Gasteiger partial charge in [-0.05, 0) is 25.6 Å². The van der Waals surface area contributed by atoms with Gasteiger partial charge in [-0.2, -0.15) is 0 Å². The minimum atomic E-state index is -0.138. The van der Waals surface area contributed by atoms with Gasteiger partial charge in [-0.15, -0.1) is 0 Å². The Labute approximate surface area is 96.2 Å². The van der Waals surface area contributed by atoms with Crippen LogP contribution < -0.4 is 0 Å². The zero-order valence-electron chi connectivity index (χ0n) is 9.85. The number of aromatic nitrogens is 1. The van der Waals surface area contributed by atoms with Gasteiger partial charge in [0.05, 0.1) is 13.0 Å². The van der Waals surface area contributed by atoms with Crippen molar-refractivity contribution < 1.29 is 9.53 Å². The summed E-state index contributed by atoms with van der Waals surface area (Å²) in [5, 5.41) is 0. The molecular weight excluding hydrogens is 204 g/mol. The molecule has 4 heteroatoms. The van der Waals surface area contributed by atoms with Crippen molar-refractivity contribution in [3.63, 3.8) is 0 Å². The number of hydrogen-bond donors (Lipinski definition) is 0. The number of hydrogen-bond acceptors (Lipinski definition) is 4. The molecule has 0 aromatic carbocycles. The van der Waals surface area contributed by atoms with Gasteiger partial charge in [0.25, 0.3) is 0 Å². The highest BCUT2D eigenvalue weighted by Gasteiger charge is 2.05. The third kappa shape index (κ3) is 4.89. The third-order valence-electron chi connectivity index (χ3n) is 2.18. The second kappa shape index (κ2) is 6.95. The van der Waals surface area contributed by atoms with Crippen LogP contribution in [-0.2, 0) is 16.1 Å². The van der Waals surface area contributed by atoms with E-state index in [-0.39, 0.29) is 5.97 Å². The van der Waals surface area contributed by atoms with Crippen LogP contribution in [0, 0.1) is 0 Å². The maximum atomic E-state index is 11.1. The van der Waals surface area contributed by atoms with Gasteiger partial charge in [0.2, 0.25) is 0 Å². The summed E-state index contributed by atoms with van der Waals surface area (Å²) < 4.78 is 4.86. The topological polar surface area (TPSA) is 42.4 Å². The van der Waals surface area contributed by atoms with E-state index >= 15 is 0 Å². The van der Waals surface area contributed by atoms with Crippen molar-refractivity contribution in [1.29, 1.82) is 0 Å². The summed E-state index contributed by atoms with van der Waals surface area (Å²) in [7, 11) is 1.98. The lowest BCUT2D eigenvalue weighted by Gasteiger charge is -2.15. The quantitative estimate of drug-likeness (QED) is 0.683. The lowest BCUT2D eigenvalue weighted by atomic mass is 10.2. The minimum absolute atomic E-state index is 0.138. The molecule has 88 valence electrons. The molecule has 4 nitrogen and oxygen atoms in total.